The van der Waals surface area contributed by atoms with E-state index in [1.165, 1.54) is 0 Å². The van der Waals surface area contributed by atoms with Crippen LogP contribution in [0.2, 0.25) is 0 Å². The topological polar surface area (TPSA) is 40.5 Å². The van der Waals surface area contributed by atoms with Gasteiger partial charge in [-0.3, -0.25) is 0 Å². The number of carboxylic acids is 1. The molecule has 3 heteroatoms. The Kier molecular flexibility index (Phi) is 3.35. The molecule has 15 heavy (non-hydrogen) atoms. The second-order valence-corrected chi connectivity index (χ2v) is 4.13. The second-order valence-electron chi connectivity index (χ2n) is 4.13. The van der Waals surface area contributed by atoms with E-state index in [1.807, 2.05) is 45.0 Å². The zero-order valence-corrected chi connectivity index (χ0v) is 9.61. The minimum atomic E-state index is -0.859. The summed E-state index contributed by atoms with van der Waals surface area (Å²) < 4.78 is 0. The Bertz CT molecular complexity index is 370. The van der Waals surface area contributed by atoms with Crippen molar-refractivity contribution in [2.24, 2.45) is 0 Å². The van der Waals surface area contributed by atoms with Crippen LogP contribution in [0, 0.1) is 0 Å². The number of anilines is 1. The monoisotopic (exact) mass is 207 g/mol. The summed E-state index contributed by atoms with van der Waals surface area (Å²) in [5.74, 6) is -0.630. The molecule has 0 fully saturated rings. The summed E-state index contributed by atoms with van der Waals surface area (Å²) in [5, 5.41) is 9.10. The zero-order valence-electron chi connectivity index (χ0n) is 9.61. The molecule has 0 heterocycles. The van der Waals surface area contributed by atoms with Crippen molar-refractivity contribution in [3.05, 3.63) is 29.3 Å². The van der Waals surface area contributed by atoms with Crippen LogP contribution in [-0.2, 0) is 0 Å². The van der Waals surface area contributed by atoms with Gasteiger partial charge in [0, 0.05) is 19.8 Å². The van der Waals surface area contributed by atoms with Gasteiger partial charge in [-0.25, -0.2) is 4.79 Å². The van der Waals surface area contributed by atoms with Crippen molar-refractivity contribution in [2.45, 2.75) is 19.8 Å². The van der Waals surface area contributed by atoms with E-state index in [2.05, 4.69) is 0 Å². The molecular formula is C12H17NO2. The van der Waals surface area contributed by atoms with Gasteiger partial charge < -0.3 is 10.0 Å². The van der Waals surface area contributed by atoms with Gasteiger partial charge >= 0.3 is 5.97 Å². The first-order valence-corrected chi connectivity index (χ1v) is 4.98. The first kappa shape index (κ1) is 11.6. The molecule has 3 nitrogen and oxygen atoms in total. The fourth-order valence-corrected chi connectivity index (χ4v) is 1.51. The molecule has 0 atom stereocenters. The average Bonchev–Trinajstić information content (AvgIpc) is 2.16. The highest BCUT2D eigenvalue weighted by atomic mass is 16.4. The highest BCUT2D eigenvalue weighted by Gasteiger charge is 2.13. The summed E-state index contributed by atoms with van der Waals surface area (Å²) in [6.45, 7) is 3.99. The minimum Gasteiger partial charge on any atom is -0.478 e. The predicted molar refractivity (Wildman–Crippen MR) is 61.8 cm³/mol. The maximum absolute atomic E-state index is 11.1. The van der Waals surface area contributed by atoms with Crippen LogP contribution in [-0.4, -0.2) is 25.2 Å². The summed E-state index contributed by atoms with van der Waals surface area (Å²) >= 11 is 0. The van der Waals surface area contributed by atoms with E-state index in [9.17, 15) is 4.79 Å². The molecule has 0 aliphatic heterocycles. The first-order chi connectivity index (χ1) is 6.93. The van der Waals surface area contributed by atoms with Crippen LogP contribution in [0.25, 0.3) is 0 Å². The number of carboxylic acid groups (broad SMARTS) is 1. The number of nitrogens with zero attached hydrogens (tertiary/aromatic N) is 1. The average molecular weight is 207 g/mol. The summed E-state index contributed by atoms with van der Waals surface area (Å²) in [6, 6.07) is 5.56. The van der Waals surface area contributed by atoms with Crippen LogP contribution in [0.15, 0.2) is 18.2 Å². The zero-order chi connectivity index (χ0) is 11.6. The number of aromatic carboxylic acids is 1. The summed E-state index contributed by atoms with van der Waals surface area (Å²) in [6.07, 6.45) is 0. The van der Waals surface area contributed by atoms with Crippen LogP contribution in [0.1, 0.15) is 35.7 Å². The maximum Gasteiger partial charge on any atom is 0.336 e. The highest BCUT2D eigenvalue weighted by molar-refractivity contribution is 5.91. The molecule has 1 aromatic carbocycles. The SMILES string of the molecule is CC(C)c1ccc(N(C)C)cc1C(=O)O. The number of benzene rings is 1. The van der Waals surface area contributed by atoms with Gasteiger partial charge in [-0.05, 0) is 23.6 Å². The molecule has 0 aliphatic carbocycles. The molecule has 0 saturated carbocycles. The van der Waals surface area contributed by atoms with Gasteiger partial charge in [0.2, 0.25) is 0 Å². The van der Waals surface area contributed by atoms with Crippen molar-refractivity contribution < 1.29 is 9.90 Å². The largest absolute Gasteiger partial charge is 0.478 e. The lowest BCUT2D eigenvalue weighted by Crippen LogP contribution is -2.11. The van der Waals surface area contributed by atoms with E-state index in [0.29, 0.717) is 5.56 Å². The van der Waals surface area contributed by atoms with E-state index in [-0.39, 0.29) is 5.92 Å². The van der Waals surface area contributed by atoms with Crippen molar-refractivity contribution in [1.29, 1.82) is 0 Å². The molecule has 1 N–H and O–H groups in total. The lowest BCUT2D eigenvalue weighted by Gasteiger charge is -2.16. The summed E-state index contributed by atoms with van der Waals surface area (Å²) in [5.41, 5.74) is 2.20. The molecule has 0 radical (unpaired) electrons. The third-order valence-corrected chi connectivity index (χ3v) is 2.41. The first-order valence-electron chi connectivity index (χ1n) is 4.98. The lowest BCUT2D eigenvalue weighted by atomic mass is 9.96. The van der Waals surface area contributed by atoms with Crippen molar-refractivity contribution in [3.8, 4) is 0 Å². The highest BCUT2D eigenvalue weighted by Crippen LogP contribution is 2.24. The standard InChI is InChI=1S/C12H17NO2/c1-8(2)10-6-5-9(13(3)4)7-11(10)12(14)15/h5-8H,1-4H3,(H,14,15). The van der Waals surface area contributed by atoms with Gasteiger partial charge in [-0.2, -0.15) is 0 Å². The fraction of sp³-hybridized carbons (Fsp3) is 0.417. The van der Waals surface area contributed by atoms with Crippen molar-refractivity contribution in [1.82, 2.24) is 0 Å². The van der Waals surface area contributed by atoms with Gasteiger partial charge in [0.15, 0.2) is 0 Å². The molecule has 0 saturated heterocycles. The Hall–Kier alpha value is -1.51. The molecule has 82 valence electrons. The van der Waals surface area contributed by atoms with Crippen LogP contribution in [0.5, 0.6) is 0 Å². The van der Waals surface area contributed by atoms with E-state index >= 15 is 0 Å². The molecule has 0 bridgehead atoms. The number of hydrogen-bond acceptors (Lipinski definition) is 2. The predicted octanol–water partition coefficient (Wildman–Crippen LogP) is 2.57. The summed E-state index contributed by atoms with van der Waals surface area (Å²) in [7, 11) is 3.80. The molecule has 1 rings (SSSR count). The Labute approximate surface area is 90.3 Å². The Morgan fingerprint density at radius 3 is 2.33 bits per heavy atom. The molecule has 1 aromatic rings. The lowest BCUT2D eigenvalue weighted by molar-refractivity contribution is 0.0695. The quantitative estimate of drug-likeness (QED) is 0.828. The van der Waals surface area contributed by atoms with Gasteiger partial charge in [-0.15, -0.1) is 0 Å². The van der Waals surface area contributed by atoms with Crippen LogP contribution in [0.3, 0.4) is 0 Å². The normalized spacial score (nSPS) is 10.5. The number of rotatable bonds is 3. The third kappa shape index (κ3) is 2.49. The number of carbonyl (C=O) groups is 1. The Balaban J connectivity index is 3.27. The van der Waals surface area contributed by atoms with Crippen molar-refractivity contribution in [3.63, 3.8) is 0 Å². The van der Waals surface area contributed by atoms with Gasteiger partial charge in [0.05, 0.1) is 5.56 Å². The Morgan fingerprint density at radius 2 is 1.93 bits per heavy atom. The molecule has 0 amide bonds. The molecule has 0 unspecified atom stereocenters. The van der Waals surface area contributed by atoms with E-state index in [4.69, 9.17) is 5.11 Å². The molecular weight excluding hydrogens is 190 g/mol. The Morgan fingerprint density at radius 1 is 1.33 bits per heavy atom. The van der Waals surface area contributed by atoms with Gasteiger partial charge in [-0.1, -0.05) is 19.9 Å². The molecule has 0 aliphatic rings. The number of hydrogen-bond donors (Lipinski definition) is 1. The van der Waals surface area contributed by atoms with Crippen LogP contribution < -0.4 is 4.90 Å². The molecule has 0 spiro atoms. The second kappa shape index (κ2) is 4.34. The third-order valence-electron chi connectivity index (χ3n) is 2.41. The fourth-order valence-electron chi connectivity index (χ4n) is 1.51. The van der Waals surface area contributed by atoms with E-state index in [0.717, 1.165) is 11.3 Å². The smallest absolute Gasteiger partial charge is 0.336 e. The van der Waals surface area contributed by atoms with Crippen molar-refractivity contribution >= 4 is 11.7 Å². The van der Waals surface area contributed by atoms with Crippen LogP contribution >= 0.6 is 0 Å². The van der Waals surface area contributed by atoms with Gasteiger partial charge in [0.1, 0.15) is 0 Å². The molecule has 0 aromatic heterocycles. The van der Waals surface area contributed by atoms with E-state index in [1.54, 1.807) is 6.07 Å². The minimum absolute atomic E-state index is 0.229. The van der Waals surface area contributed by atoms with Crippen molar-refractivity contribution in [2.75, 3.05) is 19.0 Å². The summed E-state index contributed by atoms with van der Waals surface area (Å²) in [4.78, 5) is 13.0. The van der Waals surface area contributed by atoms with Gasteiger partial charge in [0.25, 0.3) is 0 Å². The van der Waals surface area contributed by atoms with Crippen LogP contribution in [0.4, 0.5) is 5.69 Å². The van der Waals surface area contributed by atoms with E-state index < -0.39 is 5.97 Å². The maximum atomic E-state index is 11.1.